The van der Waals surface area contributed by atoms with Crippen LogP contribution < -0.4 is 4.74 Å². The van der Waals surface area contributed by atoms with Crippen molar-refractivity contribution < 1.29 is 18.3 Å². The highest BCUT2D eigenvalue weighted by Crippen LogP contribution is 2.29. The molecule has 0 saturated heterocycles. The number of thiophene rings is 1. The predicted molar refractivity (Wildman–Crippen MR) is 188 cm³/mol. The molecule has 254 valence electrons. The summed E-state index contributed by atoms with van der Waals surface area (Å²) in [5.41, 5.74) is 1.21. The van der Waals surface area contributed by atoms with E-state index in [1.54, 1.807) is 18.5 Å². The van der Waals surface area contributed by atoms with Crippen molar-refractivity contribution in [2.45, 2.75) is 155 Å². The smallest absolute Gasteiger partial charge is 0.353 e. The Labute approximate surface area is 280 Å². The summed E-state index contributed by atoms with van der Waals surface area (Å²) in [7, 11) is 0. The third kappa shape index (κ3) is 14.4. The maximum Gasteiger partial charge on any atom is 0.353 e. The van der Waals surface area contributed by atoms with E-state index >= 15 is 0 Å². The Morgan fingerprint density at radius 1 is 0.652 bits per heavy atom. The van der Waals surface area contributed by atoms with Gasteiger partial charge in [0.25, 0.3) is 0 Å². The quantitative estimate of drug-likeness (QED) is 0.0518. The van der Waals surface area contributed by atoms with Crippen LogP contribution in [0.15, 0.2) is 36.7 Å². The number of carbonyl (C=O) groups excluding carboxylic acids is 1. The Kier molecular flexibility index (Phi) is 18.7. The molecule has 0 radical (unpaired) electrons. The number of carbonyl (C=O) groups is 1. The van der Waals surface area contributed by atoms with Crippen LogP contribution in [0, 0.1) is 11.6 Å². The Balaban J connectivity index is 1.37. The molecule has 46 heavy (non-hydrogen) atoms. The fourth-order valence-corrected chi connectivity index (χ4v) is 6.71. The lowest BCUT2D eigenvalue weighted by atomic mass is 10.0. The molecule has 0 aliphatic rings. The third-order valence-corrected chi connectivity index (χ3v) is 9.74. The van der Waals surface area contributed by atoms with Crippen molar-refractivity contribution in [1.82, 2.24) is 9.97 Å². The number of aryl methyl sites for hydroxylation is 2. The minimum atomic E-state index is -0.955. The highest BCUT2D eigenvalue weighted by atomic mass is 32.1. The second kappa shape index (κ2) is 22.8. The van der Waals surface area contributed by atoms with Crippen LogP contribution in [0.4, 0.5) is 8.78 Å². The van der Waals surface area contributed by atoms with Gasteiger partial charge in [-0.1, -0.05) is 129 Å². The second-order valence-electron chi connectivity index (χ2n) is 12.7. The number of esters is 1. The normalized spacial score (nSPS) is 11.3. The van der Waals surface area contributed by atoms with Crippen molar-refractivity contribution in [2.24, 2.45) is 0 Å². The molecule has 0 atom stereocenters. The summed E-state index contributed by atoms with van der Waals surface area (Å²) in [6.07, 6.45) is 30.8. The summed E-state index contributed by atoms with van der Waals surface area (Å²) in [6, 6.07) is 5.82. The van der Waals surface area contributed by atoms with Crippen LogP contribution in [0.1, 0.15) is 162 Å². The van der Waals surface area contributed by atoms with Crippen molar-refractivity contribution >= 4 is 17.3 Å². The van der Waals surface area contributed by atoms with Crippen molar-refractivity contribution in [2.75, 3.05) is 0 Å². The van der Waals surface area contributed by atoms with Gasteiger partial charge in [0.2, 0.25) is 5.75 Å². The Hall–Kier alpha value is -2.67. The lowest BCUT2D eigenvalue weighted by Gasteiger charge is -2.08. The summed E-state index contributed by atoms with van der Waals surface area (Å²) in [6.45, 7) is 4.48. The van der Waals surface area contributed by atoms with Crippen LogP contribution >= 0.6 is 11.3 Å². The number of hydrogen-bond donors (Lipinski definition) is 0. The minimum absolute atomic E-state index is 0.203. The average molecular weight is 655 g/mol. The lowest BCUT2D eigenvalue weighted by molar-refractivity contribution is 0.0725. The van der Waals surface area contributed by atoms with Crippen LogP contribution in [-0.2, 0) is 12.8 Å². The zero-order valence-electron chi connectivity index (χ0n) is 28.4. The van der Waals surface area contributed by atoms with Crippen molar-refractivity contribution in [3.8, 4) is 17.1 Å². The molecular weight excluding hydrogens is 599 g/mol. The molecule has 4 nitrogen and oxygen atoms in total. The maximum atomic E-state index is 14.9. The molecule has 0 saturated carbocycles. The zero-order chi connectivity index (χ0) is 32.8. The number of benzene rings is 1. The number of aromatic nitrogens is 2. The molecule has 0 unspecified atom stereocenters. The van der Waals surface area contributed by atoms with E-state index in [1.165, 1.54) is 127 Å². The first-order chi connectivity index (χ1) is 22.5. The van der Waals surface area contributed by atoms with E-state index < -0.39 is 23.4 Å². The van der Waals surface area contributed by atoms with Gasteiger partial charge in [0.15, 0.2) is 17.5 Å². The number of halogens is 2. The number of rotatable bonds is 25. The Bertz CT molecular complexity index is 1240. The molecule has 0 bridgehead atoms. The largest absolute Gasteiger partial charge is 0.416 e. The monoisotopic (exact) mass is 654 g/mol. The Morgan fingerprint density at radius 3 is 1.61 bits per heavy atom. The molecule has 0 aliphatic heterocycles. The highest BCUT2D eigenvalue weighted by Gasteiger charge is 2.20. The van der Waals surface area contributed by atoms with Gasteiger partial charge in [-0.3, -0.25) is 0 Å². The van der Waals surface area contributed by atoms with Gasteiger partial charge < -0.3 is 4.74 Å². The number of unbranched alkanes of at least 4 members (excludes halogenated alkanes) is 18. The van der Waals surface area contributed by atoms with E-state index in [-0.39, 0.29) is 11.4 Å². The highest BCUT2D eigenvalue weighted by molar-refractivity contribution is 7.13. The third-order valence-electron chi connectivity index (χ3n) is 8.62. The SMILES string of the molecule is CCCCCCCCCCCCCCc1ccc(C(=O)Oc2c(F)cc(-c3ncc(CCCCCCCCCC)cn3)cc2F)s1. The fraction of sp³-hybridized carbons (Fsp3) is 0.615. The maximum absolute atomic E-state index is 14.9. The first-order valence-corrected chi connectivity index (χ1v) is 18.9. The van der Waals surface area contributed by atoms with Gasteiger partial charge in [-0.25, -0.2) is 23.5 Å². The predicted octanol–water partition coefficient (Wildman–Crippen LogP) is 12.6. The van der Waals surface area contributed by atoms with E-state index in [0.717, 1.165) is 48.3 Å². The topological polar surface area (TPSA) is 52.1 Å². The van der Waals surface area contributed by atoms with E-state index in [4.69, 9.17) is 4.74 Å². The first-order valence-electron chi connectivity index (χ1n) is 18.1. The molecule has 3 aromatic rings. The summed E-state index contributed by atoms with van der Waals surface area (Å²) in [5.74, 6) is -3.13. The zero-order valence-corrected chi connectivity index (χ0v) is 29.2. The molecule has 3 rings (SSSR count). The number of ether oxygens (including phenoxy) is 1. The molecule has 0 aliphatic carbocycles. The number of nitrogens with zero attached hydrogens (tertiary/aromatic N) is 2. The van der Waals surface area contributed by atoms with Gasteiger partial charge >= 0.3 is 5.97 Å². The van der Waals surface area contributed by atoms with Gasteiger partial charge in [-0.15, -0.1) is 11.3 Å². The molecule has 0 amide bonds. The van der Waals surface area contributed by atoms with Gasteiger partial charge in [-0.2, -0.15) is 0 Å². The number of hydrogen-bond acceptors (Lipinski definition) is 5. The van der Waals surface area contributed by atoms with E-state index in [1.807, 2.05) is 6.07 Å². The van der Waals surface area contributed by atoms with Crippen LogP contribution in [0.2, 0.25) is 0 Å². The first kappa shape index (κ1) is 37.8. The van der Waals surface area contributed by atoms with E-state index in [0.29, 0.717) is 4.88 Å². The summed E-state index contributed by atoms with van der Waals surface area (Å²) >= 11 is 1.33. The molecule has 0 fully saturated rings. The molecule has 2 aromatic heterocycles. The van der Waals surface area contributed by atoms with Gasteiger partial charge in [-0.05, 0) is 55.5 Å². The van der Waals surface area contributed by atoms with Gasteiger partial charge in [0.05, 0.1) is 0 Å². The van der Waals surface area contributed by atoms with Crippen LogP contribution in [-0.4, -0.2) is 15.9 Å². The van der Waals surface area contributed by atoms with Crippen LogP contribution in [0.5, 0.6) is 5.75 Å². The van der Waals surface area contributed by atoms with E-state index in [2.05, 4.69) is 23.8 Å². The molecule has 7 heteroatoms. The van der Waals surface area contributed by atoms with Crippen LogP contribution in [0.3, 0.4) is 0 Å². The van der Waals surface area contributed by atoms with Crippen LogP contribution in [0.25, 0.3) is 11.4 Å². The average Bonchev–Trinajstić information content (AvgIpc) is 3.54. The summed E-state index contributed by atoms with van der Waals surface area (Å²) < 4.78 is 35.0. The standard InChI is InChI=1S/C39H56F2N2O2S/c1-3-5-7-9-11-13-14-15-16-18-20-22-24-33-25-26-36(46-33)39(44)45-37-34(40)27-32(28-35(37)41)38-42-29-31(30-43-38)23-21-19-17-12-10-8-6-4-2/h25-30H,3-24H2,1-2H3. The summed E-state index contributed by atoms with van der Waals surface area (Å²) in [4.78, 5) is 22.8. The second-order valence-corrected chi connectivity index (χ2v) is 13.9. The van der Waals surface area contributed by atoms with E-state index in [9.17, 15) is 13.6 Å². The fourth-order valence-electron chi connectivity index (χ4n) is 5.79. The molecule has 0 N–H and O–H groups in total. The molecule has 0 spiro atoms. The summed E-state index contributed by atoms with van der Waals surface area (Å²) in [5, 5.41) is 0. The van der Waals surface area contributed by atoms with Gasteiger partial charge in [0.1, 0.15) is 4.88 Å². The Morgan fingerprint density at radius 2 is 1.11 bits per heavy atom. The van der Waals surface area contributed by atoms with Crippen molar-refractivity contribution in [3.05, 3.63) is 63.6 Å². The minimum Gasteiger partial charge on any atom is -0.416 e. The molecule has 1 aromatic carbocycles. The lowest BCUT2D eigenvalue weighted by Crippen LogP contribution is -2.09. The molecular formula is C39H56F2N2O2S. The van der Waals surface area contributed by atoms with Crippen molar-refractivity contribution in [1.29, 1.82) is 0 Å². The van der Waals surface area contributed by atoms with Gasteiger partial charge in [0, 0.05) is 22.8 Å². The molecule has 2 heterocycles. The van der Waals surface area contributed by atoms with Crippen molar-refractivity contribution in [3.63, 3.8) is 0 Å².